The Bertz CT molecular complexity index is 189. The standard InChI is InChI=1S/C7H7S.Li/c1-2-4-7-5-3-6-8-7;/h3,5-6H,1,4H2;. The molecular formula is C7H7LiS. The van der Waals surface area contributed by atoms with Gasteiger partial charge in [-0.2, -0.15) is 0 Å². The fourth-order valence-corrected chi connectivity index (χ4v) is 1.53. The minimum atomic E-state index is 1.04. The number of thiophene rings is 1. The molecular weight excluding hydrogens is 123 g/mol. The number of allylic oxidation sites excluding steroid dienone is 1. The fraction of sp³-hybridized carbons (Fsp3) is 0.143. The van der Waals surface area contributed by atoms with Crippen molar-refractivity contribution >= 4 is 29.1 Å². The summed E-state index contributed by atoms with van der Waals surface area (Å²) in [5, 5.41) is 2.10. The predicted molar refractivity (Wildman–Crippen MR) is 42.9 cm³/mol. The summed E-state index contributed by atoms with van der Waals surface area (Å²) in [7, 11) is 0. The minimum absolute atomic E-state index is 1.04. The van der Waals surface area contributed by atoms with Crippen molar-refractivity contribution in [1.29, 1.82) is 0 Å². The molecule has 1 aromatic rings. The summed E-state index contributed by atoms with van der Waals surface area (Å²) in [6.45, 7) is 3.84. The summed E-state index contributed by atoms with van der Waals surface area (Å²) >= 11 is 3.85. The Labute approximate surface area is 68.8 Å². The molecule has 0 bridgehead atoms. The van der Waals surface area contributed by atoms with Gasteiger partial charge in [0.05, 0.1) is 0 Å². The van der Waals surface area contributed by atoms with Gasteiger partial charge in [0.1, 0.15) is 0 Å². The van der Waals surface area contributed by atoms with Crippen molar-refractivity contribution in [3.8, 4) is 0 Å². The van der Waals surface area contributed by atoms with Crippen molar-refractivity contribution in [2.24, 2.45) is 0 Å². The van der Waals surface area contributed by atoms with Gasteiger partial charge in [0.15, 0.2) is 0 Å². The molecule has 1 rings (SSSR count). The molecule has 0 unspecified atom stereocenters. The van der Waals surface area contributed by atoms with Crippen molar-refractivity contribution in [3.63, 3.8) is 0 Å². The average Bonchev–Trinajstić information content (AvgIpc) is 2.15. The molecule has 0 aromatic carbocycles. The first-order valence-corrected chi connectivity index (χ1v) is 3.84. The van der Waals surface area contributed by atoms with Crippen molar-refractivity contribution in [1.82, 2.24) is 0 Å². The summed E-state index contributed by atoms with van der Waals surface area (Å²) < 4.78 is 1.23. The van der Waals surface area contributed by atoms with Crippen molar-refractivity contribution < 1.29 is 0 Å². The molecule has 9 heavy (non-hydrogen) atoms. The molecule has 0 spiro atoms. The summed E-state index contributed by atoms with van der Waals surface area (Å²) in [5.74, 6) is 0. The van der Waals surface area contributed by atoms with Crippen LogP contribution < -0.4 is 0 Å². The predicted octanol–water partition coefficient (Wildman–Crippen LogP) is 1.97. The Morgan fingerprint density at radius 1 is 1.78 bits per heavy atom. The average molecular weight is 130 g/mol. The fourth-order valence-electron chi connectivity index (χ4n) is 0.711. The summed E-state index contributed by atoms with van der Waals surface area (Å²) in [6, 6.07) is 4.21. The molecule has 0 aliphatic rings. The Balaban J connectivity index is 2.58. The molecule has 0 N–H and O–H groups in total. The molecule has 1 heterocycles. The molecule has 0 atom stereocenters. The van der Waals surface area contributed by atoms with Crippen LogP contribution in [0.15, 0.2) is 28.3 Å². The Morgan fingerprint density at radius 2 is 2.56 bits per heavy atom. The van der Waals surface area contributed by atoms with E-state index in [-0.39, 0.29) is 0 Å². The van der Waals surface area contributed by atoms with E-state index in [1.54, 1.807) is 11.3 Å². The van der Waals surface area contributed by atoms with Gasteiger partial charge in [-0.1, -0.05) is 0 Å². The van der Waals surface area contributed by atoms with Gasteiger partial charge in [-0.15, -0.1) is 0 Å². The summed E-state index contributed by atoms with van der Waals surface area (Å²) in [4.78, 5) is 1.41. The molecule has 0 saturated carbocycles. The van der Waals surface area contributed by atoms with E-state index in [1.807, 2.05) is 0 Å². The van der Waals surface area contributed by atoms with E-state index in [0.717, 1.165) is 6.42 Å². The molecule has 0 amide bonds. The van der Waals surface area contributed by atoms with Gasteiger partial charge in [0.25, 0.3) is 0 Å². The number of rotatable bonds is 2. The molecule has 2 heteroatoms. The van der Waals surface area contributed by atoms with E-state index in [1.165, 1.54) is 9.12 Å². The molecule has 0 radical (unpaired) electrons. The first kappa shape index (κ1) is 7.15. The summed E-state index contributed by atoms with van der Waals surface area (Å²) in [5.41, 5.74) is 0. The van der Waals surface area contributed by atoms with Gasteiger partial charge in [0.2, 0.25) is 0 Å². The van der Waals surface area contributed by atoms with Gasteiger partial charge in [0, 0.05) is 0 Å². The van der Waals surface area contributed by atoms with Gasteiger partial charge in [-0.05, 0) is 0 Å². The third kappa shape index (κ3) is 2.40. The molecule has 42 valence electrons. The van der Waals surface area contributed by atoms with Crippen molar-refractivity contribution in [3.05, 3.63) is 33.2 Å². The van der Waals surface area contributed by atoms with Crippen molar-refractivity contribution in [2.75, 3.05) is 0 Å². The van der Waals surface area contributed by atoms with Crippen LogP contribution in [0.4, 0.5) is 0 Å². The van der Waals surface area contributed by atoms with E-state index in [4.69, 9.17) is 0 Å². The van der Waals surface area contributed by atoms with Crippen LogP contribution in [0.5, 0.6) is 0 Å². The van der Waals surface area contributed by atoms with Gasteiger partial charge in [-0.3, -0.25) is 0 Å². The monoisotopic (exact) mass is 130 g/mol. The van der Waals surface area contributed by atoms with Gasteiger partial charge < -0.3 is 0 Å². The van der Waals surface area contributed by atoms with Crippen LogP contribution in [0.3, 0.4) is 0 Å². The molecule has 0 saturated heterocycles. The first-order valence-electron chi connectivity index (χ1n) is 2.96. The zero-order chi connectivity index (χ0) is 6.69. The Kier molecular flexibility index (Phi) is 2.60. The van der Waals surface area contributed by atoms with Crippen LogP contribution in [0.25, 0.3) is 0 Å². The first-order chi connectivity index (χ1) is 4.29. The van der Waals surface area contributed by atoms with Gasteiger partial charge in [-0.25, -0.2) is 0 Å². The molecule has 0 aliphatic heterocycles. The van der Waals surface area contributed by atoms with Crippen molar-refractivity contribution in [2.45, 2.75) is 6.42 Å². The second-order valence-corrected chi connectivity index (χ2v) is 3.25. The number of hydrogen-bond donors (Lipinski definition) is 0. The number of hydrogen-bond acceptors (Lipinski definition) is 1. The topological polar surface area (TPSA) is 0 Å². The second-order valence-electron chi connectivity index (χ2n) is 2.21. The maximum absolute atomic E-state index is 3.84. The van der Waals surface area contributed by atoms with E-state index in [9.17, 15) is 0 Å². The molecule has 0 fully saturated rings. The van der Waals surface area contributed by atoms with Crippen LogP contribution in [0.2, 0.25) is 0 Å². The quantitative estimate of drug-likeness (QED) is 0.537. The summed E-state index contributed by atoms with van der Waals surface area (Å²) in [6.07, 6.45) is 1.04. The van der Waals surface area contributed by atoms with Crippen LogP contribution in [0.1, 0.15) is 4.88 Å². The normalized spacial score (nSPS) is 9.56. The Morgan fingerprint density at radius 3 is 3.00 bits per heavy atom. The zero-order valence-corrected chi connectivity index (χ0v) is 6.37. The van der Waals surface area contributed by atoms with Gasteiger partial charge >= 0.3 is 68.7 Å². The maximum atomic E-state index is 3.84. The third-order valence-corrected chi connectivity index (χ3v) is 1.93. The SMILES string of the molecule is [Li][C](=C)Cc1cccs1. The van der Waals surface area contributed by atoms with E-state index in [0.29, 0.717) is 0 Å². The van der Waals surface area contributed by atoms with E-state index >= 15 is 0 Å². The third-order valence-electron chi connectivity index (χ3n) is 1.06. The van der Waals surface area contributed by atoms with Crippen LogP contribution in [-0.2, 0) is 6.42 Å². The molecule has 0 aliphatic carbocycles. The molecule has 0 nitrogen and oxygen atoms in total. The van der Waals surface area contributed by atoms with E-state index in [2.05, 4.69) is 41.8 Å². The zero-order valence-electron chi connectivity index (χ0n) is 5.55. The van der Waals surface area contributed by atoms with Crippen LogP contribution in [-0.4, -0.2) is 17.7 Å². The van der Waals surface area contributed by atoms with Crippen LogP contribution >= 0.6 is 11.3 Å². The van der Waals surface area contributed by atoms with Crippen LogP contribution in [0, 0.1) is 0 Å². The molecule has 1 aromatic heterocycles. The second kappa shape index (κ2) is 3.27. The van der Waals surface area contributed by atoms with E-state index < -0.39 is 0 Å². The Hall–Kier alpha value is 0.0374.